The van der Waals surface area contributed by atoms with E-state index in [0.29, 0.717) is 10.2 Å². The fourth-order valence-electron chi connectivity index (χ4n) is 0.565. The van der Waals surface area contributed by atoms with Crippen LogP contribution in [-0.4, -0.2) is 9.78 Å². The fraction of sp³-hybridized carbons (Fsp3) is 0.167. The average Bonchev–Trinajstić information content (AvgIpc) is 2.34. The summed E-state index contributed by atoms with van der Waals surface area (Å²) in [6, 6.07) is 0. The molecule has 0 amide bonds. The van der Waals surface area contributed by atoms with E-state index in [9.17, 15) is 8.78 Å². The molecule has 54 valence electrons. The van der Waals surface area contributed by atoms with Crippen molar-refractivity contribution in [2.45, 2.75) is 6.55 Å². The van der Waals surface area contributed by atoms with Crippen molar-refractivity contribution in [3.05, 3.63) is 24.5 Å². The zero-order valence-electron chi connectivity index (χ0n) is 5.17. The lowest BCUT2D eigenvalue weighted by molar-refractivity contribution is 0.0566. The van der Waals surface area contributed by atoms with Crippen molar-refractivity contribution in [2.24, 2.45) is 0 Å². The third-order valence-corrected chi connectivity index (χ3v) is 1.06. The molecule has 0 aliphatic heterocycles. The van der Waals surface area contributed by atoms with E-state index in [2.05, 4.69) is 11.7 Å². The van der Waals surface area contributed by atoms with Crippen LogP contribution in [0.4, 0.5) is 8.78 Å². The van der Waals surface area contributed by atoms with E-state index in [1.807, 2.05) is 0 Å². The van der Waals surface area contributed by atoms with E-state index >= 15 is 0 Å². The summed E-state index contributed by atoms with van der Waals surface area (Å²) >= 11 is 0. The predicted molar refractivity (Wildman–Crippen MR) is 33.6 cm³/mol. The van der Waals surface area contributed by atoms with E-state index in [0.717, 1.165) is 0 Å². The molecule has 0 aromatic carbocycles. The summed E-state index contributed by atoms with van der Waals surface area (Å²) in [6.45, 7) is 0.844. The summed E-state index contributed by atoms with van der Waals surface area (Å²) in [6.07, 6.45) is 4.03. The van der Waals surface area contributed by atoms with Gasteiger partial charge in [0.15, 0.2) is 0 Å². The number of alkyl halides is 2. The first-order valence-corrected chi connectivity index (χ1v) is 2.69. The highest BCUT2D eigenvalue weighted by Gasteiger charge is 2.04. The summed E-state index contributed by atoms with van der Waals surface area (Å²) in [4.78, 5) is 0. The first-order chi connectivity index (χ1) is 4.74. The standard InChI is InChI=1S/C6H6F2N2/c1-2-5-3-9-10(4-5)6(7)8/h2-4,6H,1H2. The van der Waals surface area contributed by atoms with Crippen LogP contribution in [0.25, 0.3) is 6.08 Å². The fourth-order valence-corrected chi connectivity index (χ4v) is 0.565. The van der Waals surface area contributed by atoms with Gasteiger partial charge in [0.2, 0.25) is 0 Å². The molecule has 0 saturated carbocycles. The number of hydrogen-bond donors (Lipinski definition) is 0. The Morgan fingerprint density at radius 2 is 2.40 bits per heavy atom. The SMILES string of the molecule is C=Cc1cnn(C(F)F)c1. The highest BCUT2D eigenvalue weighted by atomic mass is 19.3. The number of halogens is 2. The minimum atomic E-state index is -2.56. The monoisotopic (exact) mass is 144 g/mol. The second-order valence-electron chi connectivity index (χ2n) is 1.74. The van der Waals surface area contributed by atoms with E-state index < -0.39 is 6.55 Å². The van der Waals surface area contributed by atoms with Crippen molar-refractivity contribution >= 4 is 6.08 Å². The summed E-state index contributed by atoms with van der Waals surface area (Å²) < 4.78 is 24.1. The molecule has 0 fully saturated rings. The largest absolute Gasteiger partial charge is 0.333 e. The Bertz CT molecular complexity index is 229. The molecule has 1 aromatic heterocycles. The second kappa shape index (κ2) is 2.60. The molecule has 1 aromatic rings. The van der Waals surface area contributed by atoms with Gasteiger partial charge in [-0.15, -0.1) is 0 Å². The van der Waals surface area contributed by atoms with E-state index in [-0.39, 0.29) is 0 Å². The molecule has 0 aliphatic rings. The number of nitrogens with zero attached hydrogens (tertiary/aromatic N) is 2. The smallest absolute Gasteiger partial charge is 0.211 e. The lowest BCUT2D eigenvalue weighted by atomic mass is 10.4. The van der Waals surface area contributed by atoms with Gasteiger partial charge < -0.3 is 0 Å². The van der Waals surface area contributed by atoms with Gasteiger partial charge in [0, 0.05) is 11.8 Å². The van der Waals surface area contributed by atoms with Crippen LogP contribution in [0.3, 0.4) is 0 Å². The Morgan fingerprint density at radius 3 is 2.70 bits per heavy atom. The predicted octanol–water partition coefficient (Wildman–Crippen LogP) is 1.92. The second-order valence-corrected chi connectivity index (χ2v) is 1.74. The lowest BCUT2D eigenvalue weighted by Crippen LogP contribution is -1.96. The van der Waals surface area contributed by atoms with Gasteiger partial charge in [0.05, 0.1) is 6.20 Å². The van der Waals surface area contributed by atoms with Gasteiger partial charge in [0.25, 0.3) is 0 Å². The summed E-state index contributed by atoms with van der Waals surface area (Å²) in [5, 5.41) is 3.38. The van der Waals surface area contributed by atoms with Crippen molar-refractivity contribution < 1.29 is 8.78 Å². The minimum Gasteiger partial charge on any atom is -0.211 e. The molecule has 0 bridgehead atoms. The molecular weight excluding hydrogens is 138 g/mol. The zero-order chi connectivity index (χ0) is 7.56. The Labute approximate surface area is 56.8 Å². The van der Waals surface area contributed by atoms with Gasteiger partial charge in [-0.25, -0.2) is 4.68 Å². The van der Waals surface area contributed by atoms with Crippen LogP contribution in [0.15, 0.2) is 19.0 Å². The summed E-state index contributed by atoms with van der Waals surface area (Å²) in [5.74, 6) is 0. The van der Waals surface area contributed by atoms with Crippen molar-refractivity contribution in [1.82, 2.24) is 9.78 Å². The van der Waals surface area contributed by atoms with Crippen molar-refractivity contribution in [2.75, 3.05) is 0 Å². The molecule has 0 unspecified atom stereocenters. The lowest BCUT2D eigenvalue weighted by Gasteiger charge is -1.94. The normalized spacial score (nSPS) is 10.3. The van der Waals surface area contributed by atoms with Gasteiger partial charge in [-0.05, 0) is 0 Å². The zero-order valence-corrected chi connectivity index (χ0v) is 5.17. The van der Waals surface area contributed by atoms with Crippen molar-refractivity contribution in [3.8, 4) is 0 Å². The van der Waals surface area contributed by atoms with Crippen molar-refractivity contribution in [3.63, 3.8) is 0 Å². The highest BCUT2D eigenvalue weighted by Crippen LogP contribution is 2.09. The van der Waals surface area contributed by atoms with Crippen molar-refractivity contribution in [1.29, 1.82) is 0 Å². The first-order valence-electron chi connectivity index (χ1n) is 2.69. The van der Waals surface area contributed by atoms with Gasteiger partial charge in [-0.1, -0.05) is 12.7 Å². The molecule has 0 radical (unpaired) electrons. The quantitative estimate of drug-likeness (QED) is 0.620. The topological polar surface area (TPSA) is 17.8 Å². The molecule has 4 heteroatoms. The highest BCUT2D eigenvalue weighted by molar-refractivity contribution is 5.43. The Balaban J connectivity index is 2.88. The van der Waals surface area contributed by atoms with Gasteiger partial charge in [0.1, 0.15) is 0 Å². The Hall–Kier alpha value is -1.19. The van der Waals surface area contributed by atoms with Gasteiger partial charge in [-0.3, -0.25) is 0 Å². The average molecular weight is 144 g/mol. The molecule has 0 N–H and O–H groups in total. The van der Waals surface area contributed by atoms with Crippen LogP contribution >= 0.6 is 0 Å². The van der Waals surface area contributed by atoms with Crippen LogP contribution < -0.4 is 0 Å². The molecule has 1 heterocycles. The Morgan fingerprint density at radius 1 is 1.70 bits per heavy atom. The van der Waals surface area contributed by atoms with Crippen LogP contribution in [0.1, 0.15) is 12.1 Å². The molecule has 1 rings (SSSR count). The molecule has 10 heavy (non-hydrogen) atoms. The third-order valence-electron chi connectivity index (χ3n) is 1.06. The summed E-state index contributed by atoms with van der Waals surface area (Å²) in [7, 11) is 0. The van der Waals surface area contributed by atoms with E-state index in [4.69, 9.17) is 0 Å². The third kappa shape index (κ3) is 1.21. The molecule has 2 nitrogen and oxygen atoms in total. The maximum absolute atomic E-state index is 11.8. The maximum atomic E-state index is 11.8. The molecular formula is C6H6F2N2. The van der Waals surface area contributed by atoms with E-state index in [1.54, 1.807) is 0 Å². The van der Waals surface area contributed by atoms with Gasteiger partial charge in [-0.2, -0.15) is 13.9 Å². The van der Waals surface area contributed by atoms with Crippen LogP contribution in [0, 0.1) is 0 Å². The number of hydrogen-bond acceptors (Lipinski definition) is 1. The van der Waals surface area contributed by atoms with Gasteiger partial charge >= 0.3 is 6.55 Å². The van der Waals surface area contributed by atoms with Crippen LogP contribution in [0.2, 0.25) is 0 Å². The molecule has 0 spiro atoms. The maximum Gasteiger partial charge on any atom is 0.333 e. The first kappa shape index (κ1) is 6.92. The number of aromatic nitrogens is 2. The van der Waals surface area contributed by atoms with Crippen LogP contribution in [-0.2, 0) is 0 Å². The summed E-state index contributed by atoms with van der Waals surface area (Å²) in [5.41, 5.74) is 0.598. The Kier molecular flexibility index (Phi) is 1.80. The number of rotatable bonds is 2. The van der Waals surface area contributed by atoms with Crippen LogP contribution in [0.5, 0.6) is 0 Å². The molecule has 0 saturated heterocycles. The molecule has 0 atom stereocenters. The minimum absolute atomic E-state index is 0.580. The molecule has 0 aliphatic carbocycles. The van der Waals surface area contributed by atoms with E-state index in [1.165, 1.54) is 18.5 Å².